The minimum Gasteiger partial charge on any atom is -0.493 e. The van der Waals surface area contributed by atoms with E-state index in [4.69, 9.17) is 9.47 Å². The first-order chi connectivity index (χ1) is 13.2. The average Bonchev–Trinajstić information content (AvgIpc) is 3.04. The molecule has 0 amide bonds. The van der Waals surface area contributed by atoms with Crippen LogP contribution in [-0.4, -0.2) is 18.5 Å². The fraction of sp³-hybridized carbons (Fsp3) is 0.0909. The van der Waals surface area contributed by atoms with Crippen molar-refractivity contribution < 1.29 is 14.3 Å². The second-order valence-electron chi connectivity index (χ2n) is 5.98. The van der Waals surface area contributed by atoms with Crippen LogP contribution in [0, 0.1) is 3.57 Å². The summed E-state index contributed by atoms with van der Waals surface area (Å²) in [4.78, 5) is 16.8. The molecule has 0 saturated heterocycles. The van der Waals surface area contributed by atoms with E-state index < -0.39 is 5.97 Å². The van der Waals surface area contributed by atoms with Gasteiger partial charge in [-0.2, -0.15) is 0 Å². The molecule has 5 heteroatoms. The number of aliphatic imine (C=N–C) groups is 1. The quantitative estimate of drug-likeness (QED) is 0.300. The zero-order valence-electron chi connectivity index (χ0n) is 14.6. The number of hydrogen-bond acceptors (Lipinski definition) is 4. The summed E-state index contributed by atoms with van der Waals surface area (Å²) >= 11 is 2.22. The number of benzene rings is 3. The number of carbonyl (C=O) groups is 1. The number of hydrogen-bond donors (Lipinski definition) is 0. The van der Waals surface area contributed by atoms with E-state index in [1.807, 2.05) is 67.6 Å². The molecule has 134 valence electrons. The lowest BCUT2D eigenvalue weighted by atomic mass is 10.0. The Kier molecular flexibility index (Phi) is 4.94. The minimum atomic E-state index is -0.459. The van der Waals surface area contributed by atoms with E-state index in [0.717, 1.165) is 31.2 Å². The molecule has 1 aliphatic rings. The predicted molar refractivity (Wildman–Crippen MR) is 115 cm³/mol. The number of carbonyl (C=O) groups excluding carboxylic acids is 1. The summed E-state index contributed by atoms with van der Waals surface area (Å²) in [5, 5.41) is 2.07. The highest BCUT2D eigenvalue weighted by Crippen LogP contribution is 2.31. The van der Waals surface area contributed by atoms with Crippen molar-refractivity contribution in [1.82, 2.24) is 0 Å². The van der Waals surface area contributed by atoms with Crippen molar-refractivity contribution in [2.75, 3.05) is 6.61 Å². The Morgan fingerprint density at radius 3 is 2.78 bits per heavy atom. The third-order valence-electron chi connectivity index (χ3n) is 4.20. The van der Waals surface area contributed by atoms with Crippen molar-refractivity contribution in [2.24, 2.45) is 4.99 Å². The summed E-state index contributed by atoms with van der Waals surface area (Å²) in [5.74, 6) is 0.580. The number of esters is 1. The normalized spacial score (nSPS) is 15.1. The highest BCUT2D eigenvalue weighted by molar-refractivity contribution is 14.1. The summed E-state index contributed by atoms with van der Waals surface area (Å²) in [6.45, 7) is 2.47. The molecule has 0 radical (unpaired) electrons. The highest BCUT2D eigenvalue weighted by atomic mass is 127. The molecule has 27 heavy (non-hydrogen) atoms. The van der Waals surface area contributed by atoms with Crippen LogP contribution in [0.1, 0.15) is 18.1 Å². The molecule has 3 aromatic rings. The Bertz CT molecular complexity index is 1100. The summed E-state index contributed by atoms with van der Waals surface area (Å²) in [7, 11) is 0. The fourth-order valence-electron chi connectivity index (χ4n) is 3.00. The van der Waals surface area contributed by atoms with Gasteiger partial charge in [0, 0.05) is 14.7 Å². The number of cyclic esters (lactones) is 1. The SMILES string of the molecule is CCOc1ccc2ccccc2c1C=C1N=C(c2cccc(I)c2)OC1=O. The Morgan fingerprint density at radius 2 is 1.96 bits per heavy atom. The van der Waals surface area contributed by atoms with Crippen LogP contribution in [0.15, 0.2) is 71.4 Å². The lowest BCUT2D eigenvalue weighted by Crippen LogP contribution is -2.05. The van der Waals surface area contributed by atoms with Gasteiger partial charge >= 0.3 is 5.97 Å². The van der Waals surface area contributed by atoms with Gasteiger partial charge in [-0.25, -0.2) is 9.79 Å². The molecule has 0 unspecified atom stereocenters. The molecule has 0 N–H and O–H groups in total. The third kappa shape index (κ3) is 3.60. The third-order valence-corrected chi connectivity index (χ3v) is 4.87. The van der Waals surface area contributed by atoms with Gasteiger partial charge < -0.3 is 9.47 Å². The van der Waals surface area contributed by atoms with Gasteiger partial charge in [0.2, 0.25) is 5.90 Å². The van der Waals surface area contributed by atoms with Crippen molar-refractivity contribution in [3.63, 3.8) is 0 Å². The maximum atomic E-state index is 12.4. The Balaban J connectivity index is 1.83. The van der Waals surface area contributed by atoms with Gasteiger partial charge in [0.15, 0.2) is 5.70 Å². The fourth-order valence-corrected chi connectivity index (χ4v) is 3.54. The van der Waals surface area contributed by atoms with Crippen LogP contribution in [0.4, 0.5) is 0 Å². The van der Waals surface area contributed by atoms with Crippen molar-refractivity contribution in [1.29, 1.82) is 0 Å². The van der Waals surface area contributed by atoms with Crippen molar-refractivity contribution in [2.45, 2.75) is 6.92 Å². The molecule has 0 fully saturated rings. The van der Waals surface area contributed by atoms with Crippen LogP contribution in [0.25, 0.3) is 16.8 Å². The van der Waals surface area contributed by atoms with Crippen LogP contribution >= 0.6 is 22.6 Å². The molecular weight excluding hydrogens is 453 g/mol. The smallest absolute Gasteiger partial charge is 0.363 e. The number of ether oxygens (including phenoxy) is 2. The van der Waals surface area contributed by atoms with Crippen LogP contribution in [-0.2, 0) is 9.53 Å². The van der Waals surface area contributed by atoms with Gasteiger partial charge in [-0.3, -0.25) is 0 Å². The lowest BCUT2D eigenvalue weighted by Gasteiger charge is -2.10. The predicted octanol–water partition coefficient (Wildman–Crippen LogP) is 5.19. The van der Waals surface area contributed by atoms with Gasteiger partial charge in [-0.05, 0) is 70.6 Å². The molecule has 0 aliphatic carbocycles. The summed E-state index contributed by atoms with van der Waals surface area (Å²) in [5.41, 5.74) is 1.87. The second kappa shape index (κ2) is 7.52. The van der Waals surface area contributed by atoms with Crippen LogP contribution < -0.4 is 4.74 Å². The molecule has 4 rings (SSSR count). The first-order valence-electron chi connectivity index (χ1n) is 8.59. The molecule has 0 saturated carbocycles. The summed E-state index contributed by atoms with van der Waals surface area (Å²) < 4.78 is 12.2. The average molecular weight is 469 g/mol. The number of nitrogens with zero attached hydrogens (tertiary/aromatic N) is 1. The molecule has 0 spiro atoms. The van der Waals surface area contributed by atoms with Crippen LogP contribution in [0.2, 0.25) is 0 Å². The van der Waals surface area contributed by atoms with E-state index in [9.17, 15) is 4.79 Å². The largest absolute Gasteiger partial charge is 0.493 e. The van der Waals surface area contributed by atoms with E-state index in [2.05, 4.69) is 27.6 Å². The van der Waals surface area contributed by atoms with Crippen molar-refractivity contribution >= 4 is 51.3 Å². The second-order valence-corrected chi connectivity index (χ2v) is 7.22. The first kappa shape index (κ1) is 17.7. The van der Waals surface area contributed by atoms with E-state index in [1.54, 1.807) is 6.08 Å². The van der Waals surface area contributed by atoms with E-state index >= 15 is 0 Å². The van der Waals surface area contributed by atoms with E-state index in [1.165, 1.54) is 0 Å². The molecule has 0 aromatic heterocycles. The molecule has 1 aliphatic heterocycles. The van der Waals surface area contributed by atoms with Gasteiger partial charge in [-0.15, -0.1) is 0 Å². The van der Waals surface area contributed by atoms with Crippen LogP contribution in [0.3, 0.4) is 0 Å². The van der Waals surface area contributed by atoms with Gasteiger partial charge in [-0.1, -0.05) is 36.4 Å². The van der Waals surface area contributed by atoms with Crippen molar-refractivity contribution in [3.05, 3.63) is 81.1 Å². The van der Waals surface area contributed by atoms with Gasteiger partial charge in [0.1, 0.15) is 5.75 Å². The molecule has 1 heterocycles. The highest BCUT2D eigenvalue weighted by Gasteiger charge is 2.25. The first-order valence-corrected chi connectivity index (χ1v) is 9.66. The monoisotopic (exact) mass is 469 g/mol. The summed E-state index contributed by atoms with van der Waals surface area (Å²) in [6.07, 6.45) is 1.75. The van der Waals surface area contributed by atoms with E-state index in [0.29, 0.717) is 12.5 Å². The lowest BCUT2D eigenvalue weighted by molar-refractivity contribution is -0.129. The topological polar surface area (TPSA) is 47.9 Å². The molecular formula is C22H16INO3. The number of rotatable bonds is 4. The van der Waals surface area contributed by atoms with Gasteiger partial charge in [0.25, 0.3) is 0 Å². The Hall–Kier alpha value is -2.67. The Morgan fingerprint density at radius 1 is 1.11 bits per heavy atom. The number of halogens is 1. The maximum Gasteiger partial charge on any atom is 0.363 e. The molecule has 0 bridgehead atoms. The zero-order valence-corrected chi connectivity index (χ0v) is 16.8. The standard InChI is InChI=1S/C22H16INO3/c1-2-26-20-11-10-14-6-3-4-9-17(14)18(20)13-19-22(25)27-21(24-19)15-7-5-8-16(23)12-15/h3-13H,2H2,1H3. The maximum absolute atomic E-state index is 12.4. The minimum absolute atomic E-state index is 0.265. The summed E-state index contributed by atoms with van der Waals surface area (Å²) in [6, 6.07) is 19.6. The molecule has 3 aromatic carbocycles. The van der Waals surface area contributed by atoms with Crippen molar-refractivity contribution in [3.8, 4) is 5.75 Å². The molecule has 4 nitrogen and oxygen atoms in total. The van der Waals surface area contributed by atoms with Crippen LogP contribution in [0.5, 0.6) is 5.75 Å². The van der Waals surface area contributed by atoms with E-state index in [-0.39, 0.29) is 5.70 Å². The Labute approximate surface area is 170 Å². The number of fused-ring (bicyclic) bond motifs is 1. The molecule has 0 atom stereocenters. The zero-order chi connectivity index (χ0) is 18.8. The van der Waals surface area contributed by atoms with Gasteiger partial charge in [0.05, 0.1) is 6.61 Å².